The predicted octanol–water partition coefficient (Wildman–Crippen LogP) is 3.31. The second-order valence-corrected chi connectivity index (χ2v) is 5.80. The van der Waals surface area contributed by atoms with Gasteiger partial charge in [0.2, 0.25) is 0 Å². The Morgan fingerprint density at radius 3 is 2.57 bits per heavy atom. The highest BCUT2D eigenvalue weighted by molar-refractivity contribution is 7.91. The Bertz CT molecular complexity index is 299. The van der Waals surface area contributed by atoms with E-state index in [1.165, 1.54) is 12.0 Å². The van der Waals surface area contributed by atoms with Gasteiger partial charge in [0.25, 0.3) is 0 Å². The zero-order valence-electron chi connectivity index (χ0n) is 7.91. The first kappa shape index (κ1) is 10.3. The van der Waals surface area contributed by atoms with E-state index in [4.69, 9.17) is 11.6 Å². The Morgan fingerprint density at radius 1 is 1.21 bits per heavy atom. The van der Waals surface area contributed by atoms with Crippen LogP contribution < -0.4 is 0 Å². The van der Waals surface area contributed by atoms with Crippen LogP contribution in [0.3, 0.4) is 0 Å². The molecular formula is C11H13ClOS. The lowest BCUT2D eigenvalue weighted by atomic mass is 10.1. The van der Waals surface area contributed by atoms with Gasteiger partial charge in [-0.05, 0) is 42.6 Å². The molecule has 0 aliphatic carbocycles. The molecule has 1 aliphatic heterocycles. The van der Waals surface area contributed by atoms with Crippen LogP contribution in [0.4, 0.5) is 0 Å². The van der Waals surface area contributed by atoms with E-state index < -0.39 is 11.2 Å². The van der Waals surface area contributed by atoms with Crippen molar-refractivity contribution in [3.05, 3.63) is 34.9 Å². The predicted molar refractivity (Wildman–Crippen MR) is 61.1 cm³/mol. The molecule has 1 fully saturated rings. The maximum Gasteiger partial charge on any atom is 0.140 e. The molecule has 0 saturated carbocycles. The number of hydrogen-bond donors (Lipinski definition) is 0. The summed E-state index contributed by atoms with van der Waals surface area (Å²) >= 11 is 5.13. The molecule has 2 unspecified atom stereocenters. The minimum Gasteiger partial charge on any atom is -0.616 e. The Morgan fingerprint density at radius 2 is 1.93 bits per heavy atom. The van der Waals surface area contributed by atoms with E-state index in [0.717, 1.165) is 23.6 Å². The van der Waals surface area contributed by atoms with Crippen LogP contribution in [0.25, 0.3) is 0 Å². The molecule has 1 aromatic carbocycles. The van der Waals surface area contributed by atoms with Crippen LogP contribution in [0.2, 0.25) is 5.02 Å². The van der Waals surface area contributed by atoms with Crippen LogP contribution >= 0.6 is 11.6 Å². The second-order valence-electron chi connectivity index (χ2n) is 3.62. The molecule has 2 rings (SSSR count). The summed E-state index contributed by atoms with van der Waals surface area (Å²) in [4.78, 5) is 0. The lowest BCUT2D eigenvalue weighted by molar-refractivity contribution is 0.545. The third-order valence-electron chi connectivity index (χ3n) is 2.62. The largest absolute Gasteiger partial charge is 0.616 e. The van der Waals surface area contributed by atoms with Crippen molar-refractivity contribution in [3.63, 3.8) is 0 Å². The normalized spacial score (nSPS) is 27.6. The summed E-state index contributed by atoms with van der Waals surface area (Å²) in [6.07, 6.45) is 3.35. The molecule has 0 N–H and O–H groups in total. The van der Waals surface area contributed by atoms with Crippen molar-refractivity contribution >= 4 is 22.8 Å². The van der Waals surface area contributed by atoms with E-state index in [1.807, 2.05) is 24.3 Å². The number of hydrogen-bond acceptors (Lipinski definition) is 1. The van der Waals surface area contributed by atoms with Crippen LogP contribution in [0, 0.1) is 0 Å². The molecule has 2 atom stereocenters. The van der Waals surface area contributed by atoms with Crippen molar-refractivity contribution in [1.82, 2.24) is 0 Å². The molecule has 0 spiro atoms. The lowest BCUT2D eigenvalue weighted by Crippen LogP contribution is -2.21. The standard InChI is InChI=1S/C11H13ClOS/c12-10-6-4-9(5-7-10)11-3-1-2-8-14(11)13/h4-7,11H,1-3,8H2. The van der Waals surface area contributed by atoms with Gasteiger partial charge in [0.05, 0.1) is 0 Å². The summed E-state index contributed by atoms with van der Waals surface area (Å²) in [5.74, 6) is 0.854. The maximum atomic E-state index is 11.8. The van der Waals surface area contributed by atoms with E-state index in [0.29, 0.717) is 0 Å². The van der Waals surface area contributed by atoms with Gasteiger partial charge in [-0.15, -0.1) is 0 Å². The first-order chi connectivity index (χ1) is 6.77. The molecule has 1 aliphatic rings. The average molecular weight is 229 g/mol. The number of halogens is 1. The SMILES string of the molecule is [O-][S+]1CCCCC1c1ccc(Cl)cc1. The third kappa shape index (κ3) is 2.25. The Balaban J connectivity index is 2.16. The second kappa shape index (κ2) is 4.56. The lowest BCUT2D eigenvalue weighted by Gasteiger charge is -2.26. The van der Waals surface area contributed by atoms with Gasteiger partial charge < -0.3 is 4.55 Å². The van der Waals surface area contributed by atoms with Crippen molar-refractivity contribution < 1.29 is 4.55 Å². The molecule has 3 heteroatoms. The van der Waals surface area contributed by atoms with Gasteiger partial charge in [0, 0.05) is 10.6 Å². The summed E-state index contributed by atoms with van der Waals surface area (Å²) in [6.45, 7) is 0. The van der Waals surface area contributed by atoms with Gasteiger partial charge in [-0.3, -0.25) is 0 Å². The molecule has 0 bridgehead atoms. The van der Waals surface area contributed by atoms with Gasteiger partial charge in [-0.1, -0.05) is 23.7 Å². The Kier molecular flexibility index (Phi) is 3.37. The summed E-state index contributed by atoms with van der Waals surface area (Å²) in [5.41, 5.74) is 1.17. The fourth-order valence-corrected chi connectivity index (χ4v) is 3.63. The first-order valence-corrected chi connectivity index (χ1v) is 6.66. The van der Waals surface area contributed by atoms with Crippen LogP contribution in [0.1, 0.15) is 30.1 Å². The van der Waals surface area contributed by atoms with Crippen molar-refractivity contribution in [2.45, 2.75) is 24.5 Å². The van der Waals surface area contributed by atoms with Crippen LogP contribution in [-0.4, -0.2) is 10.3 Å². The zero-order chi connectivity index (χ0) is 9.97. The highest BCUT2D eigenvalue weighted by atomic mass is 35.5. The maximum absolute atomic E-state index is 11.8. The minimum absolute atomic E-state index is 0.237. The monoisotopic (exact) mass is 228 g/mol. The Labute approximate surface area is 92.6 Å². The average Bonchev–Trinajstić information content (AvgIpc) is 2.20. The molecule has 1 saturated heterocycles. The highest BCUT2D eigenvalue weighted by Gasteiger charge is 2.27. The van der Waals surface area contributed by atoms with Crippen molar-refractivity contribution in [1.29, 1.82) is 0 Å². The first-order valence-electron chi connectivity index (χ1n) is 4.90. The van der Waals surface area contributed by atoms with Gasteiger partial charge in [-0.25, -0.2) is 0 Å². The quantitative estimate of drug-likeness (QED) is 0.677. The van der Waals surface area contributed by atoms with Crippen LogP contribution in [0.15, 0.2) is 24.3 Å². The smallest absolute Gasteiger partial charge is 0.140 e. The van der Waals surface area contributed by atoms with Crippen molar-refractivity contribution in [2.75, 3.05) is 5.75 Å². The zero-order valence-corrected chi connectivity index (χ0v) is 9.48. The summed E-state index contributed by atoms with van der Waals surface area (Å²) < 4.78 is 11.8. The van der Waals surface area contributed by atoms with E-state index in [9.17, 15) is 4.55 Å². The van der Waals surface area contributed by atoms with Gasteiger partial charge in [0.1, 0.15) is 11.0 Å². The van der Waals surface area contributed by atoms with E-state index in [2.05, 4.69) is 0 Å². The molecule has 0 radical (unpaired) electrons. The molecule has 14 heavy (non-hydrogen) atoms. The fraction of sp³-hybridized carbons (Fsp3) is 0.455. The molecule has 76 valence electrons. The van der Waals surface area contributed by atoms with Crippen LogP contribution in [0.5, 0.6) is 0 Å². The van der Waals surface area contributed by atoms with Crippen LogP contribution in [-0.2, 0) is 11.2 Å². The molecule has 1 nitrogen and oxygen atoms in total. The van der Waals surface area contributed by atoms with Crippen molar-refractivity contribution in [3.8, 4) is 0 Å². The Hall–Kier alpha value is -0.180. The molecular weight excluding hydrogens is 216 g/mol. The topological polar surface area (TPSA) is 23.1 Å². The highest BCUT2D eigenvalue weighted by Crippen LogP contribution is 2.33. The molecule has 0 amide bonds. The molecule has 1 aromatic rings. The number of rotatable bonds is 1. The van der Waals surface area contributed by atoms with Crippen molar-refractivity contribution in [2.24, 2.45) is 0 Å². The third-order valence-corrected chi connectivity index (χ3v) is 4.71. The molecule has 1 heterocycles. The summed E-state index contributed by atoms with van der Waals surface area (Å²) in [6, 6.07) is 7.75. The summed E-state index contributed by atoms with van der Waals surface area (Å²) in [7, 11) is 0. The van der Waals surface area contributed by atoms with Gasteiger partial charge in [0.15, 0.2) is 0 Å². The van der Waals surface area contributed by atoms with E-state index in [1.54, 1.807) is 0 Å². The fourth-order valence-electron chi connectivity index (χ4n) is 1.84. The minimum atomic E-state index is -0.679. The van der Waals surface area contributed by atoms with E-state index >= 15 is 0 Å². The van der Waals surface area contributed by atoms with Gasteiger partial charge in [-0.2, -0.15) is 0 Å². The summed E-state index contributed by atoms with van der Waals surface area (Å²) in [5, 5.41) is 0.983. The number of benzene rings is 1. The van der Waals surface area contributed by atoms with E-state index in [-0.39, 0.29) is 5.25 Å². The molecule has 0 aromatic heterocycles. The van der Waals surface area contributed by atoms with Gasteiger partial charge >= 0.3 is 0 Å².